The number of nitrogens with one attached hydrogen (secondary N) is 1. The van der Waals surface area contributed by atoms with Crippen LogP contribution in [-0.2, 0) is 0 Å². The van der Waals surface area contributed by atoms with E-state index in [1.54, 1.807) is 26.4 Å². The monoisotopic (exact) mass is 391 g/mol. The van der Waals surface area contributed by atoms with Crippen molar-refractivity contribution in [2.75, 3.05) is 58.5 Å². The first-order valence-corrected chi connectivity index (χ1v) is 9.46. The Bertz CT molecular complexity index is 726. The van der Waals surface area contributed by atoms with Crippen LogP contribution in [-0.4, -0.2) is 64.8 Å². The lowest BCUT2D eigenvalue weighted by atomic mass is 10.2. The molecule has 0 bridgehead atoms. The van der Waals surface area contributed by atoms with Crippen molar-refractivity contribution in [1.29, 1.82) is 0 Å². The summed E-state index contributed by atoms with van der Waals surface area (Å²) in [6.07, 6.45) is -0.595. The number of nitrogens with zero attached hydrogens (tertiary/aromatic N) is 1. The highest BCUT2D eigenvalue weighted by atomic mass is 19.1. The number of halogens is 1. The number of aliphatic hydroxyl groups excluding tert-OH is 1. The van der Waals surface area contributed by atoms with Gasteiger partial charge in [-0.15, -0.1) is 0 Å². The van der Waals surface area contributed by atoms with Crippen LogP contribution < -0.4 is 24.0 Å². The maximum atomic E-state index is 13.1. The number of hydrogen-bond acceptors (Lipinski definition) is 5. The lowest BCUT2D eigenvalue weighted by molar-refractivity contribution is -0.903. The molecule has 1 saturated heterocycles. The number of quaternary nitrogens is 1. The second-order valence-electron chi connectivity index (χ2n) is 6.87. The van der Waals surface area contributed by atoms with Gasteiger partial charge in [0.15, 0.2) is 11.5 Å². The molecule has 0 unspecified atom stereocenters. The largest absolute Gasteiger partial charge is 0.493 e. The summed E-state index contributed by atoms with van der Waals surface area (Å²) < 4.78 is 29.5. The summed E-state index contributed by atoms with van der Waals surface area (Å²) in [4.78, 5) is 3.56. The second-order valence-corrected chi connectivity index (χ2v) is 6.87. The number of para-hydroxylation sites is 1. The van der Waals surface area contributed by atoms with Gasteiger partial charge in [-0.2, -0.15) is 0 Å². The lowest BCUT2D eigenvalue weighted by Gasteiger charge is -2.34. The van der Waals surface area contributed by atoms with Gasteiger partial charge in [-0.1, -0.05) is 6.07 Å². The Morgan fingerprint density at radius 2 is 1.64 bits per heavy atom. The lowest BCUT2D eigenvalue weighted by Crippen LogP contribution is -3.16. The van der Waals surface area contributed by atoms with Crippen molar-refractivity contribution in [1.82, 2.24) is 0 Å². The number of benzene rings is 2. The van der Waals surface area contributed by atoms with E-state index in [9.17, 15) is 9.50 Å². The number of ether oxygens (including phenoxy) is 3. The molecule has 3 rings (SSSR count). The van der Waals surface area contributed by atoms with Crippen molar-refractivity contribution in [2.45, 2.75) is 6.10 Å². The third-order valence-electron chi connectivity index (χ3n) is 4.99. The van der Waals surface area contributed by atoms with E-state index < -0.39 is 6.10 Å². The van der Waals surface area contributed by atoms with Crippen LogP contribution in [0.15, 0.2) is 42.5 Å². The van der Waals surface area contributed by atoms with Gasteiger partial charge < -0.3 is 29.1 Å². The van der Waals surface area contributed by atoms with Crippen molar-refractivity contribution in [2.24, 2.45) is 0 Å². The summed E-state index contributed by atoms with van der Waals surface area (Å²) >= 11 is 0. The van der Waals surface area contributed by atoms with Crippen LogP contribution in [0.1, 0.15) is 0 Å². The molecule has 1 atom stereocenters. The van der Waals surface area contributed by atoms with Crippen molar-refractivity contribution in [3.8, 4) is 17.2 Å². The van der Waals surface area contributed by atoms with E-state index in [0.29, 0.717) is 23.8 Å². The Kier molecular flexibility index (Phi) is 6.95. The maximum absolute atomic E-state index is 13.1. The molecule has 28 heavy (non-hydrogen) atoms. The highest BCUT2D eigenvalue weighted by Gasteiger charge is 2.23. The van der Waals surface area contributed by atoms with E-state index in [-0.39, 0.29) is 12.4 Å². The summed E-state index contributed by atoms with van der Waals surface area (Å²) in [6, 6.07) is 12.0. The quantitative estimate of drug-likeness (QED) is 0.703. The molecule has 0 spiro atoms. The summed E-state index contributed by atoms with van der Waals surface area (Å²) in [7, 11) is 3.14. The number of anilines is 1. The van der Waals surface area contributed by atoms with Gasteiger partial charge in [0, 0.05) is 5.69 Å². The third kappa shape index (κ3) is 5.05. The van der Waals surface area contributed by atoms with Gasteiger partial charge >= 0.3 is 0 Å². The van der Waals surface area contributed by atoms with Gasteiger partial charge in [0.1, 0.15) is 25.1 Å². The Labute approximate surface area is 165 Å². The molecule has 0 aromatic heterocycles. The molecular formula is C21H28FN2O4+. The number of hydrogen-bond donors (Lipinski definition) is 2. The second kappa shape index (κ2) is 9.61. The van der Waals surface area contributed by atoms with E-state index >= 15 is 0 Å². The topological polar surface area (TPSA) is 55.6 Å². The number of methoxy groups -OCH3 is 2. The van der Waals surface area contributed by atoms with Gasteiger partial charge in [-0.3, -0.25) is 0 Å². The predicted molar refractivity (Wildman–Crippen MR) is 105 cm³/mol. The summed E-state index contributed by atoms with van der Waals surface area (Å²) in [6.45, 7) is 4.33. The summed E-state index contributed by atoms with van der Waals surface area (Å²) in [5, 5.41) is 10.4. The van der Waals surface area contributed by atoms with Crippen LogP contribution in [0.4, 0.5) is 10.1 Å². The van der Waals surface area contributed by atoms with E-state index in [0.717, 1.165) is 31.9 Å². The normalized spacial score (nSPS) is 15.9. The first-order valence-electron chi connectivity index (χ1n) is 9.46. The fraction of sp³-hybridized carbons (Fsp3) is 0.429. The van der Waals surface area contributed by atoms with Gasteiger partial charge in [0.25, 0.3) is 0 Å². The molecule has 2 aromatic carbocycles. The first-order chi connectivity index (χ1) is 13.6. The molecule has 0 amide bonds. The van der Waals surface area contributed by atoms with Crippen molar-refractivity contribution in [3.63, 3.8) is 0 Å². The molecule has 1 aliphatic rings. The Morgan fingerprint density at radius 3 is 2.21 bits per heavy atom. The molecule has 1 heterocycles. The van der Waals surface area contributed by atoms with Gasteiger partial charge in [-0.25, -0.2) is 4.39 Å². The molecule has 0 saturated carbocycles. The average Bonchev–Trinajstić information content (AvgIpc) is 2.73. The van der Waals surface area contributed by atoms with Gasteiger partial charge in [0.05, 0.1) is 40.4 Å². The molecule has 0 aliphatic carbocycles. The minimum absolute atomic E-state index is 0.169. The van der Waals surface area contributed by atoms with E-state index in [2.05, 4.69) is 4.90 Å². The smallest absolute Gasteiger partial charge is 0.203 e. The van der Waals surface area contributed by atoms with Crippen LogP contribution in [0.2, 0.25) is 0 Å². The molecule has 1 aliphatic heterocycles. The molecular weight excluding hydrogens is 363 g/mol. The van der Waals surface area contributed by atoms with Gasteiger partial charge in [-0.05, 0) is 36.4 Å². The van der Waals surface area contributed by atoms with Crippen LogP contribution >= 0.6 is 0 Å². The number of aliphatic hydroxyl groups is 1. The molecule has 2 aromatic rings. The molecule has 1 fully saturated rings. The molecule has 0 radical (unpaired) electrons. The molecule has 152 valence electrons. The van der Waals surface area contributed by atoms with E-state index in [1.165, 1.54) is 17.0 Å². The van der Waals surface area contributed by atoms with E-state index in [4.69, 9.17) is 14.2 Å². The summed E-state index contributed by atoms with van der Waals surface area (Å²) in [5.74, 6) is 1.43. The fourth-order valence-corrected chi connectivity index (χ4v) is 3.47. The average molecular weight is 391 g/mol. The van der Waals surface area contributed by atoms with Crippen molar-refractivity contribution >= 4 is 5.69 Å². The van der Waals surface area contributed by atoms with Crippen molar-refractivity contribution in [3.05, 3.63) is 48.3 Å². The highest BCUT2D eigenvalue weighted by molar-refractivity contribution is 5.51. The van der Waals surface area contributed by atoms with Crippen molar-refractivity contribution < 1.29 is 28.6 Å². The Balaban J connectivity index is 1.47. The van der Waals surface area contributed by atoms with Gasteiger partial charge in [0.2, 0.25) is 5.75 Å². The zero-order valence-corrected chi connectivity index (χ0v) is 16.4. The predicted octanol–water partition coefficient (Wildman–Crippen LogP) is 0.988. The summed E-state index contributed by atoms with van der Waals surface area (Å²) in [5.41, 5.74) is 1.03. The van der Waals surface area contributed by atoms with Crippen LogP contribution in [0.3, 0.4) is 0 Å². The molecule has 2 N–H and O–H groups in total. The molecule has 7 heteroatoms. The Hall–Kier alpha value is -2.51. The minimum Gasteiger partial charge on any atom is -0.493 e. The maximum Gasteiger partial charge on any atom is 0.203 e. The minimum atomic E-state index is -0.595. The SMILES string of the molecule is COc1cccc(OC)c1OC[C@H](O)C[NH+]1CCN(c2ccc(F)cc2)CC1. The zero-order chi connectivity index (χ0) is 19.9. The standard InChI is InChI=1S/C21H27FN2O4/c1-26-19-4-3-5-20(27-2)21(19)28-15-18(25)14-23-10-12-24(13-11-23)17-8-6-16(22)7-9-17/h3-9,18,25H,10-15H2,1-2H3/p+1/t18-/m1/s1. The highest BCUT2D eigenvalue weighted by Crippen LogP contribution is 2.36. The fourth-order valence-electron chi connectivity index (χ4n) is 3.47. The third-order valence-corrected chi connectivity index (χ3v) is 4.99. The molecule has 6 nitrogen and oxygen atoms in total. The van der Waals surface area contributed by atoms with Crippen LogP contribution in [0, 0.1) is 5.82 Å². The zero-order valence-electron chi connectivity index (χ0n) is 16.4. The van der Waals surface area contributed by atoms with E-state index in [1.807, 2.05) is 18.2 Å². The number of rotatable bonds is 8. The number of piperazine rings is 1. The van der Waals surface area contributed by atoms with Crippen LogP contribution in [0.25, 0.3) is 0 Å². The van der Waals surface area contributed by atoms with Crippen LogP contribution in [0.5, 0.6) is 17.2 Å². The Morgan fingerprint density at radius 1 is 1.04 bits per heavy atom. The first kappa shape index (κ1) is 20.2.